The maximum Gasteiger partial charge on any atom is 0.328 e. The first-order chi connectivity index (χ1) is 16.4. The lowest BCUT2D eigenvalue weighted by atomic mass is 10.1. The molecule has 8 nitrogen and oxygen atoms in total. The van der Waals surface area contributed by atoms with E-state index in [1.54, 1.807) is 11.3 Å². The number of hydrogen-bond donors (Lipinski definition) is 2. The van der Waals surface area contributed by atoms with Crippen LogP contribution in [-0.2, 0) is 9.59 Å². The van der Waals surface area contributed by atoms with Gasteiger partial charge in [0.15, 0.2) is 5.82 Å². The fourth-order valence-electron chi connectivity index (χ4n) is 3.40. The third-order valence-corrected chi connectivity index (χ3v) is 5.69. The van der Waals surface area contributed by atoms with E-state index in [0.29, 0.717) is 12.2 Å². The number of hydrogen-bond acceptors (Lipinski definition) is 7. The van der Waals surface area contributed by atoms with Crippen molar-refractivity contribution >= 4 is 46.2 Å². The highest BCUT2D eigenvalue weighted by molar-refractivity contribution is 7.12. The molecule has 1 aromatic carbocycles. The third kappa shape index (κ3) is 6.60. The summed E-state index contributed by atoms with van der Waals surface area (Å²) in [5.74, 6) is -1.58. The van der Waals surface area contributed by atoms with Gasteiger partial charge in [0.25, 0.3) is 0 Å². The first kappa shape index (κ1) is 24.8. The third-order valence-electron chi connectivity index (χ3n) is 4.81. The summed E-state index contributed by atoms with van der Waals surface area (Å²) in [4.78, 5) is 34.5. The Morgan fingerprint density at radius 3 is 2.41 bits per heavy atom. The van der Waals surface area contributed by atoms with Crippen LogP contribution in [0.25, 0.3) is 0 Å². The van der Waals surface area contributed by atoms with E-state index < -0.39 is 11.9 Å². The highest BCUT2D eigenvalue weighted by Gasteiger charge is 2.24. The van der Waals surface area contributed by atoms with Crippen molar-refractivity contribution in [3.8, 4) is 0 Å². The fraction of sp³-hybridized carbons (Fsp3) is 0.200. The van der Waals surface area contributed by atoms with Crippen molar-refractivity contribution in [3.63, 3.8) is 0 Å². The summed E-state index contributed by atoms with van der Waals surface area (Å²) in [5, 5.41) is 17.7. The fourth-order valence-corrected chi connectivity index (χ4v) is 4.13. The first-order valence-corrected chi connectivity index (χ1v) is 11.5. The van der Waals surface area contributed by atoms with Crippen LogP contribution in [0, 0.1) is 0 Å². The molecule has 0 bridgehead atoms. The zero-order valence-electron chi connectivity index (χ0n) is 19.0. The number of carboxylic acid groups (broad SMARTS) is 2. The van der Waals surface area contributed by atoms with Crippen molar-refractivity contribution in [2.45, 2.75) is 6.42 Å². The molecule has 1 aliphatic heterocycles. The van der Waals surface area contributed by atoms with E-state index in [0.717, 1.165) is 42.3 Å². The van der Waals surface area contributed by atoms with E-state index in [4.69, 9.17) is 15.2 Å². The average Bonchev–Trinajstić information content (AvgIpc) is 3.30. The smallest absolute Gasteiger partial charge is 0.328 e. The standard InChI is InChI=1S/C21H22N4S.C4H4O4/c1-24(2)13-7-14-25-18-10-4-3-8-16(18)20(19-11-6-15-26-19)23-17-9-5-12-22-21(17)25;5-3(6)1-2-4(7)8/h3-6,8-12,15H,7,13-14H2,1-2H3;1-2H,(H,5,6)(H,7,8). The van der Waals surface area contributed by atoms with Crippen LogP contribution in [0.4, 0.5) is 17.2 Å². The Labute approximate surface area is 202 Å². The molecule has 1 aliphatic rings. The minimum absolute atomic E-state index is 0.558. The minimum Gasteiger partial charge on any atom is -0.478 e. The molecule has 3 aromatic rings. The molecule has 0 atom stereocenters. The molecule has 0 saturated carbocycles. The summed E-state index contributed by atoms with van der Waals surface area (Å²) in [7, 11) is 4.22. The number of aromatic nitrogens is 1. The largest absolute Gasteiger partial charge is 0.478 e. The molecule has 34 heavy (non-hydrogen) atoms. The predicted molar refractivity (Wildman–Crippen MR) is 135 cm³/mol. The zero-order chi connectivity index (χ0) is 24.5. The van der Waals surface area contributed by atoms with E-state index in [-0.39, 0.29) is 0 Å². The Bertz CT molecular complexity index is 1170. The van der Waals surface area contributed by atoms with Crippen LogP contribution in [0.3, 0.4) is 0 Å². The van der Waals surface area contributed by atoms with Gasteiger partial charge in [0.05, 0.1) is 16.3 Å². The number of pyridine rings is 1. The second kappa shape index (κ2) is 11.9. The summed E-state index contributed by atoms with van der Waals surface area (Å²) in [5.41, 5.74) is 4.30. The molecular formula is C25H26N4O4S. The number of thiophene rings is 1. The monoisotopic (exact) mass is 478 g/mol. The van der Waals surface area contributed by atoms with E-state index in [1.165, 1.54) is 10.6 Å². The van der Waals surface area contributed by atoms with Crippen LogP contribution < -0.4 is 4.90 Å². The van der Waals surface area contributed by atoms with Crippen LogP contribution in [0.15, 0.2) is 77.3 Å². The van der Waals surface area contributed by atoms with Gasteiger partial charge in [0, 0.05) is 30.5 Å². The molecule has 0 radical (unpaired) electrons. The number of benzene rings is 1. The normalized spacial score (nSPS) is 12.3. The van der Waals surface area contributed by atoms with Crippen molar-refractivity contribution in [2.24, 2.45) is 4.99 Å². The Morgan fingerprint density at radius 1 is 1.03 bits per heavy atom. The van der Waals surface area contributed by atoms with Gasteiger partial charge in [-0.05, 0) is 56.7 Å². The Morgan fingerprint density at radius 2 is 1.76 bits per heavy atom. The van der Waals surface area contributed by atoms with Crippen molar-refractivity contribution < 1.29 is 19.8 Å². The van der Waals surface area contributed by atoms with Crippen LogP contribution in [0.5, 0.6) is 0 Å². The number of para-hydroxylation sites is 1. The minimum atomic E-state index is -1.26. The number of rotatable bonds is 7. The van der Waals surface area contributed by atoms with Crippen molar-refractivity contribution in [3.05, 3.63) is 82.7 Å². The molecule has 0 fully saturated rings. The van der Waals surface area contributed by atoms with Gasteiger partial charge in [-0.1, -0.05) is 24.3 Å². The van der Waals surface area contributed by atoms with Crippen LogP contribution >= 0.6 is 11.3 Å². The Hall–Kier alpha value is -3.82. The lowest BCUT2D eigenvalue weighted by Gasteiger charge is -2.26. The maximum absolute atomic E-state index is 9.55. The first-order valence-electron chi connectivity index (χ1n) is 10.6. The second-order valence-corrected chi connectivity index (χ2v) is 8.57. The van der Waals surface area contributed by atoms with Gasteiger partial charge in [0.2, 0.25) is 0 Å². The maximum atomic E-state index is 9.55. The molecule has 3 heterocycles. The number of nitrogens with zero attached hydrogens (tertiary/aromatic N) is 4. The Balaban J connectivity index is 0.000000350. The van der Waals surface area contributed by atoms with Crippen LogP contribution in [0.1, 0.15) is 16.9 Å². The number of fused-ring (bicyclic) bond motifs is 2. The molecule has 176 valence electrons. The summed E-state index contributed by atoms with van der Waals surface area (Å²) >= 11 is 1.72. The lowest BCUT2D eigenvalue weighted by molar-refractivity contribution is -0.134. The van der Waals surface area contributed by atoms with E-state index in [9.17, 15) is 9.59 Å². The summed E-state index contributed by atoms with van der Waals surface area (Å²) < 4.78 is 0. The van der Waals surface area contributed by atoms with E-state index in [2.05, 4.69) is 76.7 Å². The predicted octanol–water partition coefficient (Wildman–Crippen LogP) is 4.43. The van der Waals surface area contributed by atoms with Gasteiger partial charge in [-0.2, -0.15) is 0 Å². The van der Waals surface area contributed by atoms with Gasteiger partial charge in [-0.15, -0.1) is 11.3 Å². The molecule has 4 rings (SSSR count). The van der Waals surface area contributed by atoms with Crippen molar-refractivity contribution in [1.29, 1.82) is 0 Å². The molecule has 2 N–H and O–H groups in total. The van der Waals surface area contributed by atoms with E-state index in [1.807, 2.05) is 12.3 Å². The summed E-state index contributed by atoms with van der Waals surface area (Å²) in [6.07, 6.45) is 4.03. The number of aliphatic imine (C=N–C) groups is 1. The van der Waals surface area contributed by atoms with Crippen LogP contribution in [0.2, 0.25) is 0 Å². The molecule has 9 heteroatoms. The van der Waals surface area contributed by atoms with Gasteiger partial charge >= 0.3 is 11.9 Å². The lowest BCUT2D eigenvalue weighted by Crippen LogP contribution is -2.24. The average molecular weight is 479 g/mol. The molecule has 0 amide bonds. The van der Waals surface area contributed by atoms with Crippen molar-refractivity contribution in [2.75, 3.05) is 32.1 Å². The van der Waals surface area contributed by atoms with Crippen LogP contribution in [-0.4, -0.2) is 64.9 Å². The Kier molecular flexibility index (Phi) is 8.66. The van der Waals surface area contributed by atoms with Gasteiger partial charge < -0.3 is 20.0 Å². The number of carboxylic acids is 2. The zero-order valence-corrected chi connectivity index (χ0v) is 19.8. The quantitative estimate of drug-likeness (QED) is 0.484. The van der Waals surface area contributed by atoms with Gasteiger partial charge in [-0.25, -0.2) is 19.6 Å². The molecule has 0 spiro atoms. The highest BCUT2D eigenvalue weighted by atomic mass is 32.1. The molecule has 0 aliphatic carbocycles. The van der Waals surface area contributed by atoms with Crippen molar-refractivity contribution in [1.82, 2.24) is 9.88 Å². The molecule has 0 unspecified atom stereocenters. The molecule has 0 saturated heterocycles. The summed E-state index contributed by atoms with van der Waals surface area (Å²) in [6.45, 7) is 1.95. The van der Waals surface area contributed by atoms with Gasteiger partial charge in [0.1, 0.15) is 5.69 Å². The van der Waals surface area contributed by atoms with Gasteiger partial charge in [-0.3, -0.25) is 0 Å². The summed E-state index contributed by atoms with van der Waals surface area (Å²) in [6, 6.07) is 16.8. The SMILES string of the molecule is CN(C)CCCN1c2ccccc2C(c2cccs2)=Nc2cccnc21.O=C(O)C=CC(=O)O. The highest BCUT2D eigenvalue weighted by Crippen LogP contribution is 2.39. The topological polar surface area (TPSA) is 106 Å². The number of aliphatic carboxylic acids is 2. The van der Waals surface area contributed by atoms with E-state index >= 15 is 0 Å². The molecule has 2 aromatic heterocycles. The molecular weight excluding hydrogens is 452 g/mol. The number of anilines is 2. The number of carbonyl (C=O) groups is 2. The second-order valence-electron chi connectivity index (χ2n) is 7.62.